The SMILES string of the molecule is O=C(Cc1cccs1)Nc1nnc(SCC(=O)Nc2cccc3ccccc23)s1. The number of rotatable bonds is 7. The maximum atomic E-state index is 12.3. The lowest BCUT2D eigenvalue weighted by Gasteiger charge is -2.08. The third-order valence-corrected chi connectivity index (χ3v) is 6.81. The summed E-state index contributed by atoms with van der Waals surface area (Å²) in [6, 6.07) is 17.5. The summed E-state index contributed by atoms with van der Waals surface area (Å²) in [7, 11) is 0. The normalized spacial score (nSPS) is 10.8. The number of hydrogen-bond donors (Lipinski definition) is 2. The van der Waals surface area contributed by atoms with Gasteiger partial charge in [-0.05, 0) is 22.9 Å². The smallest absolute Gasteiger partial charge is 0.234 e. The van der Waals surface area contributed by atoms with Gasteiger partial charge in [-0.25, -0.2) is 0 Å². The van der Waals surface area contributed by atoms with Gasteiger partial charge in [-0.15, -0.1) is 21.5 Å². The molecule has 4 aromatic rings. The van der Waals surface area contributed by atoms with Gasteiger partial charge in [0.1, 0.15) is 0 Å². The van der Waals surface area contributed by atoms with Crippen LogP contribution in [0.2, 0.25) is 0 Å². The lowest BCUT2D eigenvalue weighted by molar-refractivity contribution is -0.115. The zero-order chi connectivity index (χ0) is 20.1. The number of benzene rings is 2. The Labute approximate surface area is 179 Å². The summed E-state index contributed by atoms with van der Waals surface area (Å²) < 4.78 is 0.629. The van der Waals surface area contributed by atoms with Crippen molar-refractivity contribution in [2.24, 2.45) is 0 Å². The number of carbonyl (C=O) groups is 2. The number of hydrogen-bond acceptors (Lipinski definition) is 7. The Morgan fingerprint density at radius 3 is 2.66 bits per heavy atom. The molecule has 2 heterocycles. The zero-order valence-corrected chi connectivity index (χ0v) is 17.6. The minimum Gasteiger partial charge on any atom is -0.325 e. The minimum absolute atomic E-state index is 0.121. The summed E-state index contributed by atoms with van der Waals surface area (Å²) in [5.74, 6) is -0.0419. The first-order valence-electron chi connectivity index (χ1n) is 8.73. The van der Waals surface area contributed by atoms with E-state index < -0.39 is 0 Å². The molecule has 29 heavy (non-hydrogen) atoms. The molecule has 4 rings (SSSR count). The second-order valence-electron chi connectivity index (χ2n) is 6.04. The van der Waals surface area contributed by atoms with Crippen LogP contribution in [-0.4, -0.2) is 27.8 Å². The molecule has 0 saturated carbocycles. The van der Waals surface area contributed by atoms with E-state index in [9.17, 15) is 9.59 Å². The highest BCUT2D eigenvalue weighted by Crippen LogP contribution is 2.27. The van der Waals surface area contributed by atoms with Crippen molar-refractivity contribution in [1.82, 2.24) is 10.2 Å². The number of nitrogens with zero attached hydrogens (tertiary/aromatic N) is 2. The molecule has 0 aliphatic heterocycles. The van der Waals surface area contributed by atoms with Gasteiger partial charge < -0.3 is 10.6 Å². The van der Waals surface area contributed by atoms with Gasteiger partial charge in [-0.3, -0.25) is 9.59 Å². The Bertz CT molecular complexity index is 1140. The van der Waals surface area contributed by atoms with Gasteiger partial charge in [0.05, 0.1) is 12.2 Å². The summed E-state index contributed by atoms with van der Waals surface area (Å²) in [6.45, 7) is 0. The van der Waals surface area contributed by atoms with Crippen LogP contribution in [0.25, 0.3) is 10.8 Å². The average Bonchev–Trinajstić information content (AvgIpc) is 3.39. The number of fused-ring (bicyclic) bond motifs is 1. The van der Waals surface area contributed by atoms with Crippen LogP contribution in [0.15, 0.2) is 64.3 Å². The molecule has 0 bridgehead atoms. The van der Waals surface area contributed by atoms with Crippen LogP contribution >= 0.6 is 34.4 Å². The largest absolute Gasteiger partial charge is 0.325 e. The molecule has 0 saturated heterocycles. The lowest BCUT2D eigenvalue weighted by Crippen LogP contribution is -2.14. The van der Waals surface area contributed by atoms with E-state index in [1.165, 1.54) is 34.4 Å². The topological polar surface area (TPSA) is 84.0 Å². The Balaban J connectivity index is 1.30. The van der Waals surface area contributed by atoms with Crippen molar-refractivity contribution in [3.63, 3.8) is 0 Å². The van der Waals surface area contributed by atoms with E-state index in [1.807, 2.05) is 60.0 Å². The fourth-order valence-corrected chi connectivity index (χ4v) is 4.97. The number of anilines is 2. The van der Waals surface area contributed by atoms with Gasteiger partial charge in [-0.1, -0.05) is 65.6 Å². The zero-order valence-electron chi connectivity index (χ0n) is 15.1. The second-order valence-corrected chi connectivity index (χ2v) is 9.27. The number of carbonyl (C=O) groups excluding carboxylic acids is 2. The molecule has 0 unspecified atom stereocenters. The van der Waals surface area contributed by atoms with Crippen LogP contribution in [0.4, 0.5) is 10.8 Å². The average molecular weight is 441 g/mol. The molecule has 6 nitrogen and oxygen atoms in total. The Hall–Kier alpha value is -2.75. The molecular formula is C20H16N4O2S3. The van der Waals surface area contributed by atoms with Crippen molar-refractivity contribution >= 4 is 67.8 Å². The predicted octanol–water partition coefficient (Wildman–Crippen LogP) is 4.66. The number of thiophene rings is 1. The van der Waals surface area contributed by atoms with E-state index >= 15 is 0 Å². The molecule has 0 aliphatic carbocycles. The Morgan fingerprint density at radius 1 is 0.931 bits per heavy atom. The van der Waals surface area contributed by atoms with Crippen molar-refractivity contribution in [1.29, 1.82) is 0 Å². The third-order valence-electron chi connectivity index (χ3n) is 3.96. The van der Waals surface area contributed by atoms with E-state index in [4.69, 9.17) is 0 Å². The molecule has 146 valence electrons. The minimum atomic E-state index is -0.131. The summed E-state index contributed by atoms with van der Waals surface area (Å²) >= 11 is 4.08. The number of aromatic nitrogens is 2. The van der Waals surface area contributed by atoms with Gasteiger partial charge in [0.25, 0.3) is 0 Å². The summed E-state index contributed by atoms with van der Waals surface area (Å²) in [6.07, 6.45) is 0.313. The van der Waals surface area contributed by atoms with Crippen LogP contribution < -0.4 is 10.6 Å². The highest BCUT2D eigenvalue weighted by molar-refractivity contribution is 8.01. The monoisotopic (exact) mass is 440 g/mol. The van der Waals surface area contributed by atoms with Crippen molar-refractivity contribution in [2.45, 2.75) is 10.8 Å². The Morgan fingerprint density at radius 2 is 1.79 bits per heavy atom. The molecule has 0 radical (unpaired) electrons. The molecule has 0 fully saturated rings. The van der Waals surface area contributed by atoms with E-state index in [-0.39, 0.29) is 17.6 Å². The van der Waals surface area contributed by atoms with Gasteiger partial charge in [0, 0.05) is 16.0 Å². The van der Waals surface area contributed by atoms with Crippen LogP contribution in [-0.2, 0) is 16.0 Å². The summed E-state index contributed by atoms with van der Waals surface area (Å²) in [5, 5.41) is 18.1. The van der Waals surface area contributed by atoms with Crippen LogP contribution in [0.1, 0.15) is 4.88 Å². The van der Waals surface area contributed by atoms with Crippen molar-refractivity contribution in [3.05, 3.63) is 64.9 Å². The maximum absolute atomic E-state index is 12.3. The molecule has 0 atom stereocenters. The summed E-state index contributed by atoms with van der Waals surface area (Å²) in [5.41, 5.74) is 0.785. The Kier molecular flexibility index (Phi) is 6.18. The van der Waals surface area contributed by atoms with Gasteiger partial charge >= 0.3 is 0 Å². The van der Waals surface area contributed by atoms with Crippen molar-refractivity contribution in [3.8, 4) is 0 Å². The number of thioether (sulfide) groups is 1. The number of amides is 2. The predicted molar refractivity (Wildman–Crippen MR) is 120 cm³/mol. The van der Waals surface area contributed by atoms with Crippen LogP contribution in [0.3, 0.4) is 0 Å². The summed E-state index contributed by atoms with van der Waals surface area (Å²) in [4.78, 5) is 25.4. The van der Waals surface area contributed by atoms with Gasteiger partial charge in [0.2, 0.25) is 16.9 Å². The van der Waals surface area contributed by atoms with Gasteiger partial charge in [0.15, 0.2) is 4.34 Å². The molecule has 0 spiro atoms. The first-order valence-corrected chi connectivity index (χ1v) is 11.4. The quantitative estimate of drug-likeness (QED) is 0.322. The van der Waals surface area contributed by atoms with E-state index in [1.54, 1.807) is 0 Å². The maximum Gasteiger partial charge on any atom is 0.234 e. The fourth-order valence-electron chi connectivity index (χ4n) is 2.70. The van der Waals surface area contributed by atoms with Crippen LogP contribution in [0.5, 0.6) is 0 Å². The number of nitrogens with one attached hydrogen (secondary N) is 2. The fraction of sp³-hybridized carbons (Fsp3) is 0.100. The molecule has 0 aliphatic rings. The molecule has 2 aromatic heterocycles. The standard InChI is InChI=1S/C20H16N4O2S3/c25-17(11-14-7-4-10-27-14)22-19-23-24-20(29-19)28-12-18(26)21-16-9-3-6-13-5-1-2-8-15(13)16/h1-10H,11-12H2,(H,21,26)(H,22,23,25). The van der Waals surface area contributed by atoms with E-state index in [0.29, 0.717) is 15.9 Å². The third kappa shape index (κ3) is 5.20. The lowest BCUT2D eigenvalue weighted by atomic mass is 10.1. The van der Waals surface area contributed by atoms with Crippen molar-refractivity contribution < 1.29 is 9.59 Å². The molecule has 2 N–H and O–H groups in total. The highest BCUT2D eigenvalue weighted by Gasteiger charge is 2.12. The van der Waals surface area contributed by atoms with E-state index in [0.717, 1.165) is 21.3 Å². The molecule has 2 amide bonds. The first-order chi connectivity index (χ1) is 14.2. The molecule has 9 heteroatoms. The van der Waals surface area contributed by atoms with Gasteiger partial charge in [-0.2, -0.15) is 0 Å². The second kappa shape index (κ2) is 9.17. The molecule has 2 aromatic carbocycles. The van der Waals surface area contributed by atoms with E-state index in [2.05, 4.69) is 20.8 Å². The molecular weight excluding hydrogens is 424 g/mol. The first kappa shape index (κ1) is 19.6. The highest BCUT2D eigenvalue weighted by atomic mass is 32.2. The van der Waals surface area contributed by atoms with Crippen molar-refractivity contribution in [2.75, 3.05) is 16.4 Å². The van der Waals surface area contributed by atoms with Crippen LogP contribution in [0, 0.1) is 0 Å².